The van der Waals surface area contributed by atoms with Crippen LogP contribution < -0.4 is 16.8 Å². The van der Waals surface area contributed by atoms with Crippen LogP contribution in [0.1, 0.15) is 58.8 Å². The predicted octanol–water partition coefficient (Wildman–Crippen LogP) is 0.846. The van der Waals surface area contributed by atoms with Crippen LogP contribution in [0.2, 0.25) is 0 Å². The number of hydrogen-bond donors (Lipinski definition) is 4. The molecule has 0 heterocycles. The highest BCUT2D eigenvalue weighted by Gasteiger charge is 2.37. The molecule has 0 radical (unpaired) electrons. The Labute approximate surface area is 116 Å². The minimum Gasteiger partial charge on any atom is -0.389 e. The molecule has 1 rings (SSSR count). The van der Waals surface area contributed by atoms with Crippen LogP contribution in [0.25, 0.3) is 0 Å². The topological polar surface area (TPSA) is 101 Å². The Morgan fingerprint density at radius 3 is 2.42 bits per heavy atom. The van der Waals surface area contributed by atoms with Gasteiger partial charge >= 0.3 is 0 Å². The smallest absolute Gasteiger partial charge is 0.257 e. The van der Waals surface area contributed by atoms with Crippen LogP contribution in [0.15, 0.2) is 0 Å². The van der Waals surface area contributed by atoms with E-state index in [-0.39, 0.29) is 6.04 Å². The summed E-state index contributed by atoms with van der Waals surface area (Å²) in [6.45, 7) is 3.67. The van der Waals surface area contributed by atoms with E-state index in [0.29, 0.717) is 12.3 Å². The van der Waals surface area contributed by atoms with Crippen molar-refractivity contribution < 1.29 is 9.90 Å². The van der Waals surface area contributed by atoms with E-state index in [2.05, 4.69) is 5.32 Å². The van der Waals surface area contributed by atoms with Crippen molar-refractivity contribution in [1.29, 1.82) is 0 Å². The van der Waals surface area contributed by atoms with Gasteiger partial charge in [0.05, 0.1) is 6.10 Å². The highest BCUT2D eigenvalue weighted by molar-refractivity contribution is 5.86. The Kier molecular flexibility index (Phi) is 6.23. The Morgan fingerprint density at radius 2 is 1.89 bits per heavy atom. The minimum atomic E-state index is -1.70. The zero-order valence-electron chi connectivity index (χ0n) is 12.2. The van der Waals surface area contributed by atoms with Crippen molar-refractivity contribution in [3.05, 3.63) is 0 Å². The van der Waals surface area contributed by atoms with E-state index in [1.807, 2.05) is 13.8 Å². The highest BCUT2D eigenvalue weighted by Crippen LogP contribution is 2.28. The quantitative estimate of drug-likeness (QED) is 0.538. The van der Waals surface area contributed by atoms with Gasteiger partial charge in [0, 0.05) is 6.04 Å². The second-order valence-corrected chi connectivity index (χ2v) is 6.16. The van der Waals surface area contributed by atoms with E-state index >= 15 is 0 Å². The van der Waals surface area contributed by atoms with Crippen molar-refractivity contribution in [2.45, 2.75) is 76.6 Å². The molecule has 1 unspecified atom stereocenters. The van der Waals surface area contributed by atoms with Crippen LogP contribution in [-0.4, -0.2) is 28.8 Å². The molecule has 1 atom stereocenters. The maximum Gasteiger partial charge on any atom is 0.257 e. The molecule has 0 aromatic heterocycles. The molecule has 0 aromatic carbocycles. The fraction of sp³-hybridized carbons (Fsp3) is 0.929. The Bertz CT molecular complexity index is 286. The van der Waals surface area contributed by atoms with Crippen molar-refractivity contribution in [1.82, 2.24) is 5.32 Å². The van der Waals surface area contributed by atoms with E-state index in [1.165, 1.54) is 32.1 Å². The molecular weight excluding hydrogens is 242 g/mol. The van der Waals surface area contributed by atoms with E-state index in [9.17, 15) is 9.90 Å². The lowest BCUT2D eigenvalue weighted by Crippen LogP contribution is -2.68. The number of rotatable bonds is 6. The summed E-state index contributed by atoms with van der Waals surface area (Å²) in [6.07, 6.45) is 6.67. The van der Waals surface area contributed by atoms with Crippen molar-refractivity contribution >= 4 is 5.91 Å². The first-order chi connectivity index (χ1) is 8.84. The molecule has 0 bridgehead atoms. The maximum absolute atomic E-state index is 11.8. The standard InChI is InChI=1S/C14H29N3O2/c1-10(2)17-13(19)14(15,16)12(18)9-8-11-6-4-3-5-7-11/h10-12,18H,3-9,15-16H2,1-2H3,(H,17,19). The van der Waals surface area contributed by atoms with Crippen LogP contribution in [0.3, 0.4) is 0 Å². The molecule has 0 spiro atoms. The van der Waals surface area contributed by atoms with E-state index in [0.717, 1.165) is 6.42 Å². The van der Waals surface area contributed by atoms with Gasteiger partial charge in [0.15, 0.2) is 5.66 Å². The third-order valence-electron chi connectivity index (χ3n) is 3.94. The molecule has 19 heavy (non-hydrogen) atoms. The van der Waals surface area contributed by atoms with Crippen molar-refractivity contribution in [3.8, 4) is 0 Å². The van der Waals surface area contributed by atoms with Gasteiger partial charge in [-0.2, -0.15) is 0 Å². The van der Waals surface area contributed by atoms with E-state index < -0.39 is 17.7 Å². The van der Waals surface area contributed by atoms with Crippen molar-refractivity contribution in [3.63, 3.8) is 0 Å². The first-order valence-electron chi connectivity index (χ1n) is 7.40. The number of hydrogen-bond acceptors (Lipinski definition) is 4. The van der Waals surface area contributed by atoms with Gasteiger partial charge in [-0.05, 0) is 32.6 Å². The molecule has 0 saturated heterocycles. The Balaban J connectivity index is 2.41. The van der Waals surface area contributed by atoms with Crippen molar-refractivity contribution in [2.75, 3.05) is 0 Å². The summed E-state index contributed by atoms with van der Waals surface area (Å²) in [4.78, 5) is 11.8. The lowest BCUT2D eigenvalue weighted by atomic mass is 9.84. The lowest BCUT2D eigenvalue weighted by Gasteiger charge is -2.31. The summed E-state index contributed by atoms with van der Waals surface area (Å²) >= 11 is 0. The molecule has 1 fully saturated rings. The summed E-state index contributed by atoms with van der Waals surface area (Å²) in [6, 6.07) is -0.0375. The highest BCUT2D eigenvalue weighted by atomic mass is 16.3. The fourth-order valence-corrected chi connectivity index (χ4v) is 2.65. The third-order valence-corrected chi connectivity index (χ3v) is 3.94. The van der Waals surface area contributed by atoms with Crippen LogP contribution in [-0.2, 0) is 4.79 Å². The predicted molar refractivity (Wildman–Crippen MR) is 76.2 cm³/mol. The number of carbonyl (C=O) groups excluding carboxylic acids is 1. The molecule has 112 valence electrons. The number of amides is 1. The number of carbonyl (C=O) groups is 1. The average molecular weight is 271 g/mol. The van der Waals surface area contributed by atoms with Gasteiger partial charge < -0.3 is 21.9 Å². The summed E-state index contributed by atoms with van der Waals surface area (Å²) in [5.74, 6) is 0.158. The molecule has 0 aromatic rings. The van der Waals surface area contributed by atoms with Gasteiger partial charge in [-0.3, -0.25) is 4.79 Å². The number of nitrogens with two attached hydrogens (primary N) is 2. The average Bonchev–Trinajstić information content (AvgIpc) is 2.36. The molecule has 1 saturated carbocycles. The first kappa shape index (κ1) is 16.4. The summed E-state index contributed by atoms with van der Waals surface area (Å²) in [5.41, 5.74) is 9.87. The molecule has 5 heteroatoms. The van der Waals surface area contributed by atoms with Gasteiger partial charge in [-0.15, -0.1) is 0 Å². The SMILES string of the molecule is CC(C)NC(=O)C(N)(N)C(O)CCC1CCCCC1. The second kappa shape index (κ2) is 7.22. The van der Waals surface area contributed by atoms with Crippen LogP contribution in [0.4, 0.5) is 0 Å². The molecule has 0 aliphatic heterocycles. The molecular formula is C14H29N3O2. The molecule has 5 nitrogen and oxygen atoms in total. The van der Waals surface area contributed by atoms with Crippen LogP contribution in [0.5, 0.6) is 0 Å². The Hall–Kier alpha value is -0.650. The fourth-order valence-electron chi connectivity index (χ4n) is 2.65. The first-order valence-corrected chi connectivity index (χ1v) is 7.40. The number of aliphatic hydroxyl groups is 1. The zero-order chi connectivity index (χ0) is 14.5. The van der Waals surface area contributed by atoms with Gasteiger partial charge in [0.1, 0.15) is 0 Å². The van der Waals surface area contributed by atoms with Gasteiger partial charge in [-0.1, -0.05) is 32.1 Å². The van der Waals surface area contributed by atoms with Crippen LogP contribution in [0, 0.1) is 5.92 Å². The molecule has 6 N–H and O–H groups in total. The number of aliphatic hydroxyl groups excluding tert-OH is 1. The second-order valence-electron chi connectivity index (χ2n) is 6.16. The molecule has 1 amide bonds. The summed E-state index contributed by atoms with van der Waals surface area (Å²) < 4.78 is 0. The van der Waals surface area contributed by atoms with E-state index in [1.54, 1.807) is 0 Å². The third kappa shape index (κ3) is 5.09. The molecule has 1 aliphatic carbocycles. The van der Waals surface area contributed by atoms with Crippen LogP contribution >= 0.6 is 0 Å². The largest absolute Gasteiger partial charge is 0.389 e. The molecule has 1 aliphatic rings. The zero-order valence-corrected chi connectivity index (χ0v) is 12.2. The monoisotopic (exact) mass is 271 g/mol. The number of nitrogens with one attached hydrogen (secondary N) is 1. The minimum absolute atomic E-state index is 0.0375. The van der Waals surface area contributed by atoms with Crippen molar-refractivity contribution in [2.24, 2.45) is 17.4 Å². The van der Waals surface area contributed by atoms with E-state index in [4.69, 9.17) is 11.5 Å². The van der Waals surface area contributed by atoms with Gasteiger partial charge in [0.25, 0.3) is 5.91 Å². The normalized spacial score (nSPS) is 19.5. The van der Waals surface area contributed by atoms with Gasteiger partial charge in [0.2, 0.25) is 0 Å². The van der Waals surface area contributed by atoms with Gasteiger partial charge in [-0.25, -0.2) is 0 Å². The summed E-state index contributed by atoms with van der Waals surface area (Å²) in [5, 5.41) is 12.7. The lowest BCUT2D eigenvalue weighted by molar-refractivity contribution is -0.131. The Morgan fingerprint density at radius 1 is 1.32 bits per heavy atom. The summed E-state index contributed by atoms with van der Waals surface area (Å²) in [7, 11) is 0. The maximum atomic E-state index is 11.8.